The maximum absolute atomic E-state index is 12.0. The van der Waals surface area contributed by atoms with Crippen molar-refractivity contribution in [2.45, 2.75) is 6.54 Å². The van der Waals surface area contributed by atoms with Crippen LogP contribution < -0.4 is 5.56 Å². The van der Waals surface area contributed by atoms with Gasteiger partial charge in [-0.25, -0.2) is 4.98 Å². The van der Waals surface area contributed by atoms with E-state index in [-0.39, 0.29) is 17.0 Å². The summed E-state index contributed by atoms with van der Waals surface area (Å²) in [6.45, 7) is 0.333. The third kappa shape index (κ3) is 2.41. The van der Waals surface area contributed by atoms with Gasteiger partial charge in [-0.15, -0.1) is 0 Å². The van der Waals surface area contributed by atoms with Crippen LogP contribution in [0.15, 0.2) is 35.5 Å². The highest BCUT2D eigenvalue weighted by Gasteiger charge is 2.15. The fourth-order valence-electron chi connectivity index (χ4n) is 1.48. The van der Waals surface area contributed by atoms with Crippen molar-refractivity contribution in [1.29, 1.82) is 0 Å². The lowest BCUT2D eigenvalue weighted by Gasteiger charge is -2.14. The van der Waals surface area contributed by atoms with E-state index in [0.29, 0.717) is 12.4 Å². The van der Waals surface area contributed by atoms with Crippen LogP contribution in [0.2, 0.25) is 0 Å². The zero-order valence-corrected chi connectivity index (χ0v) is 9.30. The minimum absolute atomic E-state index is 0.126. The van der Waals surface area contributed by atoms with Gasteiger partial charge in [0.05, 0.1) is 6.54 Å². The Morgan fingerprint density at radius 2 is 2.24 bits per heavy atom. The highest BCUT2D eigenvalue weighted by molar-refractivity contribution is 5.93. The number of nitrogens with one attached hydrogen (secondary N) is 2. The van der Waals surface area contributed by atoms with E-state index in [1.54, 1.807) is 25.5 Å². The molecule has 0 aliphatic heterocycles. The Hall–Kier alpha value is -2.37. The van der Waals surface area contributed by atoms with Crippen LogP contribution in [0.25, 0.3) is 0 Å². The molecule has 88 valence electrons. The Labute approximate surface area is 97.3 Å². The van der Waals surface area contributed by atoms with Gasteiger partial charge in [0.25, 0.3) is 11.5 Å². The highest BCUT2D eigenvalue weighted by Crippen LogP contribution is 2.01. The molecule has 0 aliphatic carbocycles. The summed E-state index contributed by atoms with van der Waals surface area (Å²) in [5.74, 6) is 0.344. The van der Waals surface area contributed by atoms with E-state index in [0.717, 1.165) is 0 Å². The minimum atomic E-state index is -0.385. The Morgan fingerprint density at radius 3 is 2.88 bits per heavy atom. The molecule has 0 aliphatic rings. The van der Waals surface area contributed by atoms with Gasteiger partial charge < -0.3 is 14.9 Å². The van der Waals surface area contributed by atoms with Crippen molar-refractivity contribution in [1.82, 2.24) is 19.9 Å². The third-order valence-electron chi connectivity index (χ3n) is 2.34. The standard InChI is InChI=1S/C11H12N4O2/c1-15(7-9-12-5-6-13-9)11(17)8-3-2-4-14-10(8)16/h2-6H,7H2,1H3,(H,12,13)(H,14,16). The highest BCUT2D eigenvalue weighted by atomic mass is 16.2. The van der Waals surface area contributed by atoms with Crippen LogP contribution in [0.1, 0.15) is 16.2 Å². The number of amides is 1. The van der Waals surface area contributed by atoms with Gasteiger partial charge in [-0.05, 0) is 12.1 Å². The summed E-state index contributed by atoms with van der Waals surface area (Å²) in [5, 5.41) is 0. The molecular weight excluding hydrogens is 220 g/mol. The maximum atomic E-state index is 12.0. The number of H-pyrrole nitrogens is 2. The minimum Gasteiger partial charge on any atom is -0.347 e. The molecule has 0 spiro atoms. The molecule has 6 nitrogen and oxygen atoms in total. The second-order valence-electron chi connectivity index (χ2n) is 3.61. The van der Waals surface area contributed by atoms with E-state index in [2.05, 4.69) is 15.0 Å². The first-order valence-corrected chi connectivity index (χ1v) is 5.10. The zero-order chi connectivity index (χ0) is 12.3. The van der Waals surface area contributed by atoms with Crippen molar-refractivity contribution < 1.29 is 4.79 Å². The van der Waals surface area contributed by atoms with Crippen LogP contribution in [0, 0.1) is 0 Å². The zero-order valence-electron chi connectivity index (χ0n) is 9.30. The molecule has 0 radical (unpaired) electrons. The molecule has 0 saturated carbocycles. The normalized spacial score (nSPS) is 10.2. The summed E-state index contributed by atoms with van der Waals surface area (Å²) in [6, 6.07) is 3.12. The molecule has 0 atom stereocenters. The van der Waals surface area contributed by atoms with E-state index < -0.39 is 0 Å². The number of carbonyl (C=O) groups is 1. The summed E-state index contributed by atoms with van der Waals surface area (Å²) in [5.41, 5.74) is -0.259. The number of aromatic amines is 2. The number of imidazole rings is 1. The number of hydrogen-bond donors (Lipinski definition) is 2. The number of rotatable bonds is 3. The molecule has 2 N–H and O–H groups in total. The lowest BCUT2D eigenvalue weighted by molar-refractivity contribution is 0.0780. The monoisotopic (exact) mass is 232 g/mol. The van der Waals surface area contributed by atoms with E-state index in [9.17, 15) is 9.59 Å². The van der Waals surface area contributed by atoms with Crippen molar-refractivity contribution in [2.75, 3.05) is 7.05 Å². The van der Waals surface area contributed by atoms with Crippen LogP contribution >= 0.6 is 0 Å². The van der Waals surface area contributed by atoms with Gasteiger partial charge in [-0.2, -0.15) is 0 Å². The average molecular weight is 232 g/mol. The number of aromatic nitrogens is 3. The van der Waals surface area contributed by atoms with E-state index in [1.807, 2.05) is 0 Å². The molecule has 0 bridgehead atoms. The Morgan fingerprint density at radius 1 is 1.41 bits per heavy atom. The molecule has 1 amide bonds. The van der Waals surface area contributed by atoms with Crippen LogP contribution in [0.3, 0.4) is 0 Å². The van der Waals surface area contributed by atoms with E-state index in [1.165, 1.54) is 17.2 Å². The van der Waals surface area contributed by atoms with Gasteiger partial charge in [0.2, 0.25) is 0 Å². The molecule has 0 aromatic carbocycles. The summed E-state index contributed by atoms with van der Waals surface area (Å²) >= 11 is 0. The maximum Gasteiger partial charge on any atom is 0.260 e. The SMILES string of the molecule is CN(Cc1ncc[nH]1)C(=O)c1ccc[nH]c1=O. The lowest BCUT2D eigenvalue weighted by atomic mass is 10.2. The Bertz CT molecular complexity index is 559. The number of nitrogens with zero attached hydrogens (tertiary/aromatic N) is 2. The van der Waals surface area contributed by atoms with Gasteiger partial charge in [0, 0.05) is 25.6 Å². The van der Waals surface area contributed by atoms with Crippen LogP contribution in [-0.4, -0.2) is 32.8 Å². The van der Waals surface area contributed by atoms with Crippen LogP contribution in [-0.2, 0) is 6.54 Å². The summed E-state index contributed by atoms with van der Waals surface area (Å²) in [7, 11) is 1.62. The van der Waals surface area contributed by atoms with Crippen LogP contribution in [0.5, 0.6) is 0 Å². The van der Waals surface area contributed by atoms with E-state index in [4.69, 9.17) is 0 Å². The Kier molecular flexibility index (Phi) is 3.04. The molecule has 2 rings (SSSR count). The first kappa shape index (κ1) is 11.1. The molecule has 2 aromatic heterocycles. The summed E-state index contributed by atoms with van der Waals surface area (Å²) in [6.07, 6.45) is 4.79. The van der Waals surface area contributed by atoms with Gasteiger partial charge in [-0.3, -0.25) is 9.59 Å². The van der Waals surface area contributed by atoms with Gasteiger partial charge in [0.1, 0.15) is 11.4 Å². The Balaban J connectivity index is 2.15. The topological polar surface area (TPSA) is 81.8 Å². The molecule has 0 unspecified atom stereocenters. The first-order chi connectivity index (χ1) is 8.18. The molecule has 0 fully saturated rings. The number of carbonyl (C=O) groups excluding carboxylic acids is 1. The third-order valence-corrected chi connectivity index (χ3v) is 2.34. The number of pyridine rings is 1. The van der Waals surface area contributed by atoms with Crippen molar-refractivity contribution in [3.8, 4) is 0 Å². The molecule has 6 heteroatoms. The summed E-state index contributed by atoms with van der Waals surface area (Å²) < 4.78 is 0. The largest absolute Gasteiger partial charge is 0.347 e. The van der Waals surface area contributed by atoms with Crippen molar-refractivity contribution >= 4 is 5.91 Å². The second-order valence-corrected chi connectivity index (χ2v) is 3.61. The number of hydrogen-bond acceptors (Lipinski definition) is 3. The molecule has 2 aromatic rings. The fourth-order valence-corrected chi connectivity index (χ4v) is 1.48. The lowest BCUT2D eigenvalue weighted by Crippen LogP contribution is -2.31. The van der Waals surface area contributed by atoms with Crippen molar-refractivity contribution in [3.63, 3.8) is 0 Å². The van der Waals surface area contributed by atoms with Crippen molar-refractivity contribution in [2.24, 2.45) is 0 Å². The first-order valence-electron chi connectivity index (χ1n) is 5.10. The van der Waals surface area contributed by atoms with E-state index >= 15 is 0 Å². The molecular formula is C11H12N4O2. The van der Waals surface area contributed by atoms with Gasteiger partial charge in [0.15, 0.2) is 0 Å². The smallest absolute Gasteiger partial charge is 0.260 e. The van der Waals surface area contributed by atoms with Crippen molar-refractivity contribution in [3.05, 3.63) is 52.5 Å². The quantitative estimate of drug-likeness (QED) is 0.802. The average Bonchev–Trinajstić information content (AvgIpc) is 2.81. The van der Waals surface area contributed by atoms with Gasteiger partial charge in [-0.1, -0.05) is 0 Å². The van der Waals surface area contributed by atoms with Crippen LogP contribution in [0.4, 0.5) is 0 Å². The predicted molar refractivity (Wildman–Crippen MR) is 61.4 cm³/mol. The fraction of sp³-hybridized carbons (Fsp3) is 0.182. The van der Waals surface area contributed by atoms with Gasteiger partial charge >= 0.3 is 0 Å². The summed E-state index contributed by atoms with van der Waals surface area (Å²) in [4.78, 5) is 34.2. The predicted octanol–water partition coefficient (Wildman–Crippen LogP) is 0.370. The molecule has 17 heavy (non-hydrogen) atoms. The molecule has 0 saturated heterocycles. The second kappa shape index (κ2) is 4.65. The molecule has 2 heterocycles.